The van der Waals surface area contributed by atoms with E-state index in [0.717, 1.165) is 40.9 Å². The summed E-state index contributed by atoms with van der Waals surface area (Å²) in [6, 6.07) is 5.73. The quantitative estimate of drug-likeness (QED) is 0.743. The summed E-state index contributed by atoms with van der Waals surface area (Å²) in [7, 11) is 0. The number of nitrogens with zero attached hydrogens (tertiary/aromatic N) is 3. The SMILES string of the molecule is Cc1ccc2c(=O)n(CCCc3c(C)noc3C)cnc2c1. The van der Waals surface area contributed by atoms with Gasteiger partial charge in [0.1, 0.15) is 5.76 Å². The molecule has 3 rings (SSSR count). The minimum atomic E-state index is 0.0174. The number of hydrogen-bond acceptors (Lipinski definition) is 4. The number of aromatic nitrogens is 3. The van der Waals surface area contributed by atoms with Crippen molar-refractivity contribution in [1.82, 2.24) is 14.7 Å². The monoisotopic (exact) mass is 297 g/mol. The van der Waals surface area contributed by atoms with E-state index in [9.17, 15) is 4.79 Å². The van der Waals surface area contributed by atoms with Crippen LogP contribution in [0.25, 0.3) is 10.9 Å². The fourth-order valence-electron chi connectivity index (χ4n) is 2.71. The van der Waals surface area contributed by atoms with Crippen LogP contribution in [0.1, 0.15) is 29.0 Å². The first-order valence-electron chi connectivity index (χ1n) is 7.44. The summed E-state index contributed by atoms with van der Waals surface area (Å²) >= 11 is 0. The highest BCUT2D eigenvalue weighted by Crippen LogP contribution is 2.15. The summed E-state index contributed by atoms with van der Waals surface area (Å²) in [5.74, 6) is 0.858. The van der Waals surface area contributed by atoms with Gasteiger partial charge in [-0.1, -0.05) is 11.2 Å². The van der Waals surface area contributed by atoms with Gasteiger partial charge in [-0.2, -0.15) is 0 Å². The van der Waals surface area contributed by atoms with E-state index < -0.39 is 0 Å². The number of hydrogen-bond donors (Lipinski definition) is 0. The molecule has 0 radical (unpaired) electrons. The van der Waals surface area contributed by atoms with Gasteiger partial charge in [-0.25, -0.2) is 4.98 Å². The zero-order valence-electron chi connectivity index (χ0n) is 13.1. The largest absolute Gasteiger partial charge is 0.361 e. The van der Waals surface area contributed by atoms with Crippen molar-refractivity contribution in [3.63, 3.8) is 0 Å². The molecule has 0 saturated carbocycles. The average Bonchev–Trinajstić information content (AvgIpc) is 2.81. The molecule has 1 aromatic carbocycles. The van der Waals surface area contributed by atoms with E-state index in [1.165, 1.54) is 0 Å². The van der Waals surface area contributed by atoms with E-state index in [1.807, 2.05) is 39.0 Å². The van der Waals surface area contributed by atoms with Gasteiger partial charge in [-0.15, -0.1) is 0 Å². The molecule has 0 aliphatic heterocycles. The zero-order chi connectivity index (χ0) is 15.7. The smallest absolute Gasteiger partial charge is 0.261 e. The van der Waals surface area contributed by atoms with Gasteiger partial charge in [0.2, 0.25) is 0 Å². The van der Waals surface area contributed by atoms with Crippen molar-refractivity contribution >= 4 is 10.9 Å². The van der Waals surface area contributed by atoms with Gasteiger partial charge >= 0.3 is 0 Å². The maximum Gasteiger partial charge on any atom is 0.261 e. The van der Waals surface area contributed by atoms with Crippen LogP contribution in [-0.2, 0) is 13.0 Å². The zero-order valence-corrected chi connectivity index (χ0v) is 13.1. The molecule has 5 nitrogen and oxygen atoms in total. The first-order valence-corrected chi connectivity index (χ1v) is 7.44. The Bertz CT molecular complexity index is 858. The first-order chi connectivity index (χ1) is 10.6. The molecule has 2 heterocycles. The average molecular weight is 297 g/mol. The molecule has 0 unspecified atom stereocenters. The highest BCUT2D eigenvalue weighted by Gasteiger charge is 2.09. The standard InChI is InChI=1S/C17H19N3O2/c1-11-6-7-15-16(9-11)18-10-20(17(15)21)8-4-5-14-12(2)19-22-13(14)3/h6-7,9-10H,4-5,8H2,1-3H3. The van der Waals surface area contributed by atoms with Crippen molar-refractivity contribution < 1.29 is 4.52 Å². The number of fused-ring (bicyclic) bond motifs is 1. The van der Waals surface area contributed by atoms with E-state index in [2.05, 4.69) is 10.1 Å². The van der Waals surface area contributed by atoms with Crippen LogP contribution in [0.2, 0.25) is 0 Å². The van der Waals surface area contributed by atoms with E-state index in [-0.39, 0.29) is 5.56 Å². The lowest BCUT2D eigenvalue weighted by Crippen LogP contribution is -2.21. The molecule has 0 atom stereocenters. The second-order valence-corrected chi connectivity index (χ2v) is 5.67. The Morgan fingerprint density at radius 3 is 2.77 bits per heavy atom. The van der Waals surface area contributed by atoms with Gasteiger partial charge in [0, 0.05) is 12.1 Å². The topological polar surface area (TPSA) is 60.9 Å². The molecule has 0 aliphatic rings. The van der Waals surface area contributed by atoms with Crippen LogP contribution in [0.3, 0.4) is 0 Å². The predicted molar refractivity (Wildman–Crippen MR) is 85.0 cm³/mol. The van der Waals surface area contributed by atoms with Crippen molar-refractivity contribution in [2.75, 3.05) is 0 Å². The third-order valence-electron chi connectivity index (χ3n) is 3.99. The Kier molecular flexibility index (Phi) is 3.79. The molecule has 0 amide bonds. The molecule has 0 saturated heterocycles. The highest BCUT2D eigenvalue weighted by molar-refractivity contribution is 5.77. The summed E-state index contributed by atoms with van der Waals surface area (Å²) in [6.07, 6.45) is 3.33. The summed E-state index contributed by atoms with van der Waals surface area (Å²) in [5.41, 5.74) is 3.95. The van der Waals surface area contributed by atoms with E-state index >= 15 is 0 Å². The molecule has 5 heteroatoms. The van der Waals surface area contributed by atoms with Crippen molar-refractivity contribution in [2.24, 2.45) is 0 Å². The molecule has 0 aliphatic carbocycles. The molecule has 22 heavy (non-hydrogen) atoms. The Hall–Kier alpha value is -2.43. The fraction of sp³-hybridized carbons (Fsp3) is 0.353. The third-order valence-corrected chi connectivity index (χ3v) is 3.99. The molecular weight excluding hydrogens is 278 g/mol. The van der Waals surface area contributed by atoms with E-state index in [4.69, 9.17) is 4.52 Å². The van der Waals surface area contributed by atoms with E-state index in [0.29, 0.717) is 11.9 Å². The van der Waals surface area contributed by atoms with Gasteiger partial charge in [0.05, 0.1) is 22.9 Å². The molecule has 0 spiro atoms. The minimum Gasteiger partial charge on any atom is -0.361 e. The van der Waals surface area contributed by atoms with Gasteiger partial charge in [-0.05, 0) is 51.3 Å². The second kappa shape index (κ2) is 5.75. The molecule has 0 bridgehead atoms. The molecule has 2 aromatic heterocycles. The number of aryl methyl sites for hydroxylation is 4. The summed E-state index contributed by atoms with van der Waals surface area (Å²) in [6.45, 7) is 6.50. The normalized spacial score (nSPS) is 11.2. The number of benzene rings is 1. The second-order valence-electron chi connectivity index (χ2n) is 5.67. The van der Waals surface area contributed by atoms with Crippen LogP contribution in [0.15, 0.2) is 33.8 Å². The van der Waals surface area contributed by atoms with Crippen LogP contribution >= 0.6 is 0 Å². The fourth-order valence-corrected chi connectivity index (χ4v) is 2.71. The minimum absolute atomic E-state index is 0.0174. The summed E-state index contributed by atoms with van der Waals surface area (Å²) < 4.78 is 6.84. The Balaban J connectivity index is 1.79. The number of rotatable bonds is 4. The van der Waals surface area contributed by atoms with Crippen LogP contribution in [-0.4, -0.2) is 14.7 Å². The van der Waals surface area contributed by atoms with Gasteiger partial charge < -0.3 is 4.52 Å². The van der Waals surface area contributed by atoms with Gasteiger partial charge in [-0.3, -0.25) is 9.36 Å². The third kappa shape index (κ3) is 2.66. The van der Waals surface area contributed by atoms with Crippen molar-refractivity contribution in [3.05, 3.63) is 57.5 Å². The molecule has 0 fully saturated rings. The lowest BCUT2D eigenvalue weighted by molar-refractivity contribution is 0.392. The predicted octanol–water partition coefficient (Wildman–Crippen LogP) is 2.94. The van der Waals surface area contributed by atoms with Crippen molar-refractivity contribution in [2.45, 2.75) is 40.2 Å². The summed E-state index contributed by atoms with van der Waals surface area (Å²) in [4.78, 5) is 16.8. The van der Waals surface area contributed by atoms with Crippen molar-refractivity contribution in [3.8, 4) is 0 Å². The summed E-state index contributed by atoms with van der Waals surface area (Å²) in [5, 5.41) is 4.62. The molecular formula is C17H19N3O2. The van der Waals surface area contributed by atoms with Crippen LogP contribution in [0, 0.1) is 20.8 Å². The maximum absolute atomic E-state index is 12.5. The molecule has 114 valence electrons. The maximum atomic E-state index is 12.5. The Morgan fingerprint density at radius 1 is 1.23 bits per heavy atom. The van der Waals surface area contributed by atoms with Crippen LogP contribution < -0.4 is 5.56 Å². The first kappa shape index (κ1) is 14.5. The Morgan fingerprint density at radius 2 is 2.05 bits per heavy atom. The van der Waals surface area contributed by atoms with Gasteiger partial charge in [0.15, 0.2) is 0 Å². The lowest BCUT2D eigenvalue weighted by Gasteiger charge is -2.07. The van der Waals surface area contributed by atoms with Crippen molar-refractivity contribution in [1.29, 1.82) is 0 Å². The highest BCUT2D eigenvalue weighted by atomic mass is 16.5. The van der Waals surface area contributed by atoms with Gasteiger partial charge in [0.25, 0.3) is 5.56 Å². The lowest BCUT2D eigenvalue weighted by atomic mass is 10.1. The molecule has 3 aromatic rings. The van der Waals surface area contributed by atoms with Crippen LogP contribution in [0.4, 0.5) is 0 Å². The van der Waals surface area contributed by atoms with Crippen LogP contribution in [0.5, 0.6) is 0 Å². The molecule has 0 N–H and O–H groups in total. The Labute approximate surface area is 128 Å². The van der Waals surface area contributed by atoms with E-state index in [1.54, 1.807) is 10.9 Å².